The van der Waals surface area contributed by atoms with Gasteiger partial charge in [0.05, 0.1) is 22.0 Å². The smallest absolute Gasteiger partial charge is 0.410 e. The molecule has 2 saturated heterocycles. The van der Waals surface area contributed by atoms with Crippen LogP contribution in [0, 0.1) is 5.92 Å². The number of phenolic OH excluding ortho intramolecular Hbond substituents is 1. The minimum atomic E-state index is -0.592. The molecule has 4 atom stereocenters. The first kappa shape index (κ1) is 16.2. The van der Waals surface area contributed by atoms with Crippen molar-refractivity contribution in [1.82, 2.24) is 4.90 Å². The third-order valence-corrected chi connectivity index (χ3v) is 5.47. The second kappa shape index (κ2) is 5.76. The summed E-state index contributed by atoms with van der Waals surface area (Å²) >= 11 is 12.2. The van der Waals surface area contributed by atoms with Crippen molar-refractivity contribution in [2.45, 2.75) is 31.4 Å². The third kappa shape index (κ3) is 2.60. The van der Waals surface area contributed by atoms with E-state index in [1.165, 1.54) is 12.1 Å². The first-order valence-corrected chi connectivity index (χ1v) is 8.00. The number of benzene rings is 1. The van der Waals surface area contributed by atoms with E-state index in [0.29, 0.717) is 23.6 Å². The minimum Gasteiger partial charge on any atom is -0.508 e. The first-order valence-electron chi connectivity index (χ1n) is 7.24. The van der Waals surface area contributed by atoms with Crippen LogP contribution in [0.1, 0.15) is 24.8 Å². The van der Waals surface area contributed by atoms with Gasteiger partial charge in [-0.3, -0.25) is 4.79 Å². The Morgan fingerprint density at radius 3 is 2.83 bits per heavy atom. The van der Waals surface area contributed by atoms with Crippen LogP contribution in [0.3, 0.4) is 0 Å². The van der Waals surface area contributed by atoms with Crippen molar-refractivity contribution in [3.63, 3.8) is 0 Å². The van der Waals surface area contributed by atoms with Crippen LogP contribution in [0.15, 0.2) is 12.1 Å². The van der Waals surface area contributed by atoms with Crippen molar-refractivity contribution < 1.29 is 19.4 Å². The molecule has 0 aromatic heterocycles. The number of hydrogen-bond acceptors (Lipinski definition) is 4. The van der Waals surface area contributed by atoms with Gasteiger partial charge in [0.15, 0.2) is 0 Å². The van der Waals surface area contributed by atoms with Gasteiger partial charge in [0.25, 0.3) is 0 Å². The Morgan fingerprint density at radius 1 is 1.48 bits per heavy atom. The van der Waals surface area contributed by atoms with Gasteiger partial charge in [-0.05, 0) is 25.5 Å². The van der Waals surface area contributed by atoms with E-state index in [9.17, 15) is 14.7 Å². The van der Waals surface area contributed by atoms with Gasteiger partial charge in [0.1, 0.15) is 11.9 Å². The number of carbonyl (C=O) groups excluding carboxylic acids is 2. The Labute approximate surface area is 143 Å². The summed E-state index contributed by atoms with van der Waals surface area (Å²) in [6, 6.07) is 2.73. The molecule has 0 bridgehead atoms. The number of nitrogens with zero attached hydrogens (tertiary/aromatic N) is 1. The highest BCUT2D eigenvalue weighted by molar-refractivity contribution is 6.42. The zero-order valence-electron chi connectivity index (χ0n) is 12.3. The van der Waals surface area contributed by atoms with Gasteiger partial charge in [-0.25, -0.2) is 4.79 Å². The van der Waals surface area contributed by atoms with Crippen LogP contribution in [0.5, 0.6) is 5.75 Å². The van der Waals surface area contributed by atoms with E-state index in [2.05, 4.69) is 0 Å². The van der Waals surface area contributed by atoms with Gasteiger partial charge < -0.3 is 20.5 Å². The summed E-state index contributed by atoms with van der Waals surface area (Å²) in [6.07, 6.45) is -0.555. The van der Waals surface area contributed by atoms with Crippen LogP contribution < -0.4 is 5.73 Å². The van der Waals surface area contributed by atoms with Crippen molar-refractivity contribution in [2.24, 2.45) is 11.7 Å². The van der Waals surface area contributed by atoms with Crippen LogP contribution in [0.4, 0.5) is 4.79 Å². The van der Waals surface area contributed by atoms with E-state index < -0.39 is 24.0 Å². The van der Waals surface area contributed by atoms with Crippen LogP contribution in [0.25, 0.3) is 0 Å². The van der Waals surface area contributed by atoms with Gasteiger partial charge >= 0.3 is 6.09 Å². The standard InChI is InChI=1S/C15H16Cl2N2O4/c1-6(14(18)21)13-9-4-7(5-19(9)15(22)23-13)11-10(20)3-2-8(16)12(11)17/h2-3,6-7,9,13,20H,4-5H2,1H3,(H2,18,21)/t6-,7+,9+,13+/m1/s1. The maximum absolute atomic E-state index is 12.0. The molecule has 0 unspecified atom stereocenters. The quantitative estimate of drug-likeness (QED) is 0.867. The molecular weight excluding hydrogens is 343 g/mol. The highest BCUT2D eigenvalue weighted by atomic mass is 35.5. The van der Waals surface area contributed by atoms with Gasteiger partial charge in [-0.1, -0.05) is 23.2 Å². The van der Waals surface area contributed by atoms with Gasteiger partial charge in [-0.2, -0.15) is 0 Å². The second-order valence-corrected chi connectivity index (χ2v) is 6.77. The number of amides is 2. The Kier molecular flexibility index (Phi) is 4.06. The zero-order chi connectivity index (χ0) is 16.9. The third-order valence-electron chi connectivity index (χ3n) is 4.65. The van der Waals surface area contributed by atoms with Crippen molar-refractivity contribution >= 4 is 35.2 Å². The summed E-state index contributed by atoms with van der Waals surface area (Å²) in [5.74, 6) is -1.24. The summed E-state index contributed by atoms with van der Waals surface area (Å²) in [4.78, 5) is 25.0. The fourth-order valence-corrected chi connectivity index (χ4v) is 3.88. The predicted molar refractivity (Wildman–Crippen MR) is 84.6 cm³/mol. The van der Waals surface area contributed by atoms with E-state index in [4.69, 9.17) is 33.7 Å². The Balaban J connectivity index is 1.90. The van der Waals surface area contributed by atoms with Gasteiger partial charge in [0, 0.05) is 18.0 Å². The summed E-state index contributed by atoms with van der Waals surface area (Å²) in [6.45, 7) is 1.99. The number of hydrogen-bond donors (Lipinski definition) is 2. The number of primary amides is 1. The lowest BCUT2D eigenvalue weighted by Crippen LogP contribution is -2.39. The average molecular weight is 359 g/mol. The van der Waals surface area contributed by atoms with Gasteiger partial charge in [0.2, 0.25) is 5.91 Å². The highest BCUT2D eigenvalue weighted by Gasteiger charge is 2.51. The Morgan fingerprint density at radius 2 is 2.17 bits per heavy atom. The molecule has 1 aromatic carbocycles. The van der Waals surface area contributed by atoms with Crippen LogP contribution in [0.2, 0.25) is 10.0 Å². The van der Waals surface area contributed by atoms with E-state index in [-0.39, 0.29) is 22.7 Å². The minimum absolute atomic E-state index is 0.0402. The van der Waals surface area contributed by atoms with Crippen molar-refractivity contribution in [1.29, 1.82) is 0 Å². The number of phenols is 1. The van der Waals surface area contributed by atoms with Crippen molar-refractivity contribution in [3.05, 3.63) is 27.7 Å². The monoisotopic (exact) mass is 358 g/mol. The number of ether oxygens (including phenoxy) is 1. The molecule has 3 N–H and O–H groups in total. The van der Waals surface area contributed by atoms with Crippen LogP contribution >= 0.6 is 23.2 Å². The highest BCUT2D eigenvalue weighted by Crippen LogP contribution is 2.46. The van der Waals surface area contributed by atoms with Gasteiger partial charge in [-0.15, -0.1) is 0 Å². The lowest BCUT2D eigenvalue weighted by Gasteiger charge is -2.21. The molecule has 2 aliphatic rings. The van der Waals surface area contributed by atoms with Crippen molar-refractivity contribution in [2.75, 3.05) is 6.54 Å². The molecule has 0 spiro atoms. The van der Waals surface area contributed by atoms with E-state index in [0.717, 1.165) is 0 Å². The number of cyclic esters (lactones) is 1. The predicted octanol–water partition coefficient (Wildman–Crippen LogP) is 2.50. The lowest BCUT2D eigenvalue weighted by atomic mass is 9.90. The Hall–Kier alpha value is -1.66. The molecular formula is C15H16Cl2N2O4. The molecule has 6 nitrogen and oxygen atoms in total. The summed E-state index contributed by atoms with van der Waals surface area (Å²) in [5.41, 5.74) is 5.85. The second-order valence-electron chi connectivity index (χ2n) is 5.99. The molecule has 0 saturated carbocycles. The van der Waals surface area contributed by atoms with E-state index in [1.807, 2.05) is 0 Å². The molecule has 23 heavy (non-hydrogen) atoms. The number of nitrogens with two attached hydrogens (primary N) is 1. The number of fused-ring (bicyclic) bond motifs is 1. The summed E-state index contributed by atoms with van der Waals surface area (Å²) in [7, 11) is 0. The molecule has 124 valence electrons. The van der Waals surface area contributed by atoms with Crippen molar-refractivity contribution in [3.8, 4) is 5.75 Å². The molecule has 0 radical (unpaired) electrons. The molecule has 2 heterocycles. The number of rotatable bonds is 3. The van der Waals surface area contributed by atoms with E-state index in [1.54, 1.807) is 11.8 Å². The summed E-state index contributed by atoms with van der Waals surface area (Å²) in [5, 5.41) is 10.7. The summed E-state index contributed by atoms with van der Waals surface area (Å²) < 4.78 is 5.28. The fourth-order valence-electron chi connectivity index (χ4n) is 3.40. The SMILES string of the molecule is C[C@@H](C(N)=O)[C@@H]1OC(=O)N2C[C@@H](c3c(O)ccc(Cl)c3Cl)C[C@@H]12. The molecule has 3 rings (SSSR count). The molecule has 2 aliphatic heterocycles. The lowest BCUT2D eigenvalue weighted by molar-refractivity contribution is -0.124. The molecule has 8 heteroatoms. The molecule has 2 fully saturated rings. The molecule has 0 aliphatic carbocycles. The number of carbonyl (C=O) groups is 2. The number of aromatic hydroxyl groups is 1. The zero-order valence-corrected chi connectivity index (χ0v) is 13.8. The normalized spacial score (nSPS) is 27.7. The first-order chi connectivity index (χ1) is 10.8. The number of halogens is 2. The Bertz CT molecular complexity index is 682. The van der Waals surface area contributed by atoms with Crippen LogP contribution in [-0.2, 0) is 9.53 Å². The topological polar surface area (TPSA) is 92.9 Å². The maximum atomic E-state index is 12.0. The molecule has 2 amide bonds. The van der Waals surface area contributed by atoms with Crippen LogP contribution in [-0.4, -0.2) is 40.7 Å². The maximum Gasteiger partial charge on any atom is 0.410 e. The average Bonchev–Trinajstić information content (AvgIpc) is 3.04. The fraction of sp³-hybridized carbons (Fsp3) is 0.467. The molecule has 1 aromatic rings. The largest absolute Gasteiger partial charge is 0.508 e. The van der Waals surface area contributed by atoms with E-state index >= 15 is 0 Å².